The summed E-state index contributed by atoms with van der Waals surface area (Å²) in [7, 11) is 2.13. The van der Waals surface area contributed by atoms with Crippen LogP contribution in [0.25, 0.3) is 32.1 Å². The van der Waals surface area contributed by atoms with E-state index >= 15 is 0 Å². The van der Waals surface area contributed by atoms with Crippen LogP contribution in [0.3, 0.4) is 0 Å². The number of thioether (sulfide) groups is 1. The Labute approximate surface area is 165 Å². The van der Waals surface area contributed by atoms with E-state index in [2.05, 4.69) is 78.4 Å². The Hall–Kier alpha value is -2.07. The van der Waals surface area contributed by atoms with E-state index in [0.717, 1.165) is 10.6 Å². The summed E-state index contributed by atoms with van der Waals surface area (Å²) in [6, 6.07) is 21.3. The number of rotatable bonds is 1. The van der Waals surface area contributed by atoms with Gasteiger partial charge in [-0.05, 0) is 23.6 Å². The van der Waals surface area contributed by atoms with Crippen LogP contribution in [0.1, 0.15) is 10.6 Å². The average molecular weight is 393 g/mol. The van der Waals surface area contributed by atoms with E-state index in [9.17, 15) is 0 Å². The highest BCUT2D eigenvalue weighted by Crippen LogP contribution is 2.42. The molecule has 4 aromatic rings. The van der Waals surface area contributed by atoms with Gasteiger partial charge in [-0.25, -0.2) is 0 Å². The maximum atomic E-state index is 6.51. The van der Waals surface area contributed by atoms with E-state index in [4.69, 9.17) is 11.6 Å². The van der Waals surface area contributed by atoms with Crippen molar-refractivity contribution in [3.05, 3.63) is 82.2 Å². The molecule has 0 aliphatic carbocycles. The predicted octanol–water partition coefficient (Wildman–Crippen LogP) is 6.61. The first-order valence-electron chi connectivity index (χ1n) is 8.37. The summed E-state index contributed by atoms with van der Waals surface area (Å²) < 4.78 is 3.59. The highest BCUT2D eigenvalue weighted by molar-refractivity contribution is 8.03. The third-order valence-corrected chi connectivity index (χ3v) is 7.26. The molecule has 0 amide bonds. The Kier molecular flexibility index (Phi) is 3.89. The number of nitrogens with zero attached hydrogens (tertiary/aromatic N) is 1. The number of aromatic nitrogens is 1. The molecule has 1 aliphatic rings. The van der Waals surface area contributed by atoms with Gasteiger partial charge in [0.25, 0.3) is 5.01 Å². The summed E-state index contributed by atoms with van der Waals surface area (Å²) in [6.07, 6.45) is 4.31. The molecule has 5 rings (SSSR count). The number of allylic oxidation sites excluding steroid dienone is 1. The van der Waals surface area contributed by atoms with Gasteiger partial charge in [-0.1, -0.05) is 77.2 Å². The monoisotopic (exact) mass is 392 g/mol. The van der Waals surface area contributed by atoms with E-state index < -0.39 is 0 Å². The van der Waals surface area contributed by atoms with E-state index in [0.29, 0.717) is 0 Å². The second kappa shape index (κ2) is 6.27. The number of benzene rings is 3. The number of hydrogen-bond acceptors (Lipinski definition) is 2. The molecule has 2 heterocycles. The molecule has 3 aromatic carbocycles. The van der Waals surface area contributed by atoms with E-state index in [1.807, 2.05) is 17.4 Å². The zero-order chi connectivity index (χ0) is 17.7. The van der Waals surface area contributed by atoms with Crippen LogP contribution in [0, 0.1) is 0 Å². The SMILES string of the molecule is C[n+]1c(/C=C2\C=C(Cl)c3ccccc3S2)sc2c3ccccc3ccc21. The molecule has 0 unspecified atom stereocenters. The normalized spacial score (nSPS) is 15.5. The minimum Gasteiger partial charge on any atom is -0.185 e. The Bertz CT molecular complexity index is 1230. The topological polar surface area (TPSA) is 3.88 Å². The van der Waals surface area contributed by atoms with Crippen molar-refractivity contribution < 1.29 is 4.57 Å². The van der Waals surface area contributed by atoms with Crippen molar-refractivity contribution in [2.75, 3.05) is 0 Å². The largest absolute Gasteiger partial charge is 0.263 e. The smallest absolute Gasteiger partial charge is 0.185 e. The molecule has 0 atom stereocenters. The molecule has 1 aromatic heterocycles. The molecule has 0 saturated heterocycles. The minimum atomic E-state index is 0.805. The first-order valence-corrected chi connectivity index (χ1v) is 10.4. The van der Waals surface area contributed by atoms with Gasteiger partial charge >= 0.3 is 0 Å². The van der Waals surface area contributed by atoms with Gasteiger partial charge in [-0.15, -0.1) is 0 Å². The molecule has 1 aliphatic heterocycles. The van der Waals surface area contributed by atoms with Gasteiger partial charge in [0.1, 0.15) is 11.7 Å². The lowest BCUT2D eigenvalue weighted by Gasteiger charge is -2.14. The van der Waals surface area contributed by atoms with Gasteiger partial charge in [-0.2, -0.15) is 4.57 Å². The van der Waals surface area contributed by atoms with Gasteiger partial charge in [0.2, 0.25) is 5.52 Å². The molecule has 1 nitrogen and oxygen atoms in total. The second-order valence-electron chi connectivity index (χ2n) is 6.27. The first kappa shape index (κ1) is 16.1. The van der Waals surface area contributed by atoms with Crippen LogP contribution in [-0.4, -0.2) is 0 Å². The molecule has 0 spiro atoms. The predicted molar refractivity (Wildman–Crippen MR) is 115 cm³/mol. The van der Waals surface area contributed by atoms with Crippen molar-refractivity contribution in [2.24, 2.45) is 7.05 Å². The molecule has 26 heavy (non-hydrogen) atoms. The summed E-state index contributed by atoms with van der Waals surface area (Å²) in [4.78, 5) is 2.38. The van der Waals surface area contributed by atoms with Gasteiger partial charge in [0, 0.05) is 32.9 Å². The van der Waals surface area contributed by atoms with Crippen LogP contribution in [-0.2, 0) is 7.05 Å². The fraction of sp³-hybridized carbons (Fsp3) is 0.0455. The van der Waals surface area contributed by atoms with Crippen molar-refractivity contribution in [1.29, 1.82) is 0 Å². The van der Waals surface area contributed by atoms with Crippen LogP contribution in [0.2, 0.25) is 0 Å². The van der Waals surface area contributed by atoms with E-state index in [1.165, 1.54) is 35.8 Å². The van der Waals surface area contributed by atoms with Gasteiger partial charge < -0.3 is 0 Å². The number of hydrogen-bond donors (Lipinski definition) is 0. The summed E-state index contributed by atoms with van der Waals surface area (Å²) >= 11 is 10.1. The third-order valence-electron chi connectivity index (χ3n) is 4.66. The second-order valence-corrected chi connectivity index (χ2v) is 8.82. The van der Waals surface area contributed by atoms with E-state index in [1.54, 1.807) is 11.8 Å². The molecule has 4 heteroatoms. The van der Waals surface area contributed by atoms with Crippen molar-refractivity contribution in [2.45, 2.75) is 4.90 Å². The van der Waals surface area contributed by atoms with Crippen molar-refractivity contribution >= 4 is 66.8 Å². The first-order chi connectivity index (χ1) is 12.7. The molecule has 0 fully saturated rings. The molecule has 0 bridgehead atoms. The van der Waals surface area contributed by atoms with Crippen molar-refractivity contribution in [3.8, 4) is 0 Å². The van der Waals surface area contributed by atoms with Crippen LogP contribution in [0.5, 0.6) is 0 Å². The summed E-state index contributed by atoms with van der Waals surface area (Å²) in [6.45, 7) is 0. The third kappa shape index (κ3) is 2.59. The van der Waals surface area contributed by atoms with Crippen LogP contribution in [0.15, 0.2) is 76.5 Å². The van der Waals surface area contributed by atoms with Crippen LogP contribution >= 0.6 is 34.7 Å². The van der Waals surface area contributed by atoms with E-state index in [-0.39, 0.29) is 0 Å². The maximum absolute atomic E-state index is 6.51. The molecular weight excluding hydrogens is 378 g/mol. The van der Waals surface area contributed by atoms with Crippen molar-refractivity contribution in [1.82, 2.24) is 0 Å². The summed E-state index contributed by atoms with van der Waals surface area (Å²) in [5, 5.41) is 4.62. The lowest BCUT2D eigenvalue weighted by atomic mass is 10.1. The Balaban J connectivity index is 1.66. The van der Waals surface area contributed by atoms with Crippen LogP contribution in [0.4, 0.5) is 0 Å². The average Bonchev–Trinajstić information content (AvgIpc) is 2.98. The zero-order valence-corrected chi connectivity index (χ0v) is 16.5. The standard InChI is InChI=1S/C22H15ClNS2/c1-24-19-11-10-14-6-2-3-7-16(14)22(19)26-21(24)13-15-12-18(23)17-8-4-5-9-20(17)25-15/h2-13H,1H3/q+1/b15-13+. The Morgan fingerprint density at radius 1 is 0.962 bits per heavy atom. The highest BCUT2D eigenvalue weighted by atomic mass is 35.5. The number of thiazole rings is 1. The summed E-state index contributed by atoms with van der Waals surface area (Å²) in [5.41, 5.74) is 2.37. The molecule has 0 radical (unpaired) electrons. The zero-order valence-electron chi connectivity index (χ0n) is 14.1. The Morgan fingerprint density at radius 2 is 1.77 bits per heavy atom. The number of fused-ring (bicyclic) bond motifs is 4. The molecule has 126 valence electrons. The van der Waals surface area contributed by atoms with Gasteiger partial charge in [-0.3, -0.25) is 0 Å². The Morgan fingerprint density at radius 3 is 2.69 bits per heavy atom. The van der Waals surface area contributed by atoms with Crippen molar-refractivity contribution in [3.63, 3.8) is 0 Å². The number of halogens is 1. The maximum Gasteiger partial charge on any atom is 0.263 e. The molecule has 0 N–H and O–H groups in total. The minimum absolute atomic E-state index is 0.805. The lowest BCUT2D eigenvalue weighted by Crippen LogP contribution is -2.28. The summed E-state index contributed by atoms with van der Waals surface area (Å²) in [5.74, 6) is 0. The molecular formula is C22H15ClNS2+. The van der Waals surface area contributed by atoms with Crippen LogP contribution < -0.4 is 4.57 Å². The lowest BCUT2D eigenvalue weighted by molar-refractivity contribution is -0.642. The number of aryl methyl sites for hydroxylation is 1. The highest BCUT2D eigenvalue weighted by Gasteiger charge is 2.20. The van der Waals surface area contributed by atoms with Gasteiger partial charge in [0.15, 0.2) is 0 Å². The fourth-order valence-electron chi connectivity index (χ4n) is 3.33. The quantitative estimate of drug-likeness (QED) is 0.330. The molecule has 0 saturated carbocycles. The van der Waals surface area contributed by atoms with Gasteiger partial charge in [0.05, 0.1) is 5.03 Å². The fourth-order valence-corrected chi connectivity index (χ4v) is 6.07.